The van der Waals surface area contributed by atoms with E-state index >= 15 is 0 Å². The molecule has 0 aliphatic heterocycles. The Balaban J connectivity index is 1.64. The minimum Gasteiger partial charge on any atom is -0.307 e. The monoisotopic (exact) mass is 378 g/mol. The van der Waals surface area contributed by atoms with Gasteiger partial charge in [0.05, 0.1) is 29.7 Å². The molecule has 2 aromatic carbocycles. The van der Waals surface area contributed by atoms with Gasteiger partial charge in [-0.05, 0) is 29.8 Å². The highest BCUT2D eigenvalue weighted by Gasteiger charge is 2.33. The van der Waals surface area contributed by atoms with E-state index in [1.807, 2.05) is 0 Å². The van der Waals surface area contributed by atoms with E-state index < -0.39 is 17.8 Å². The normalized spacial score (nSPS) is 11.3. The summed E-state index contributed by atoms with van der Waals surface area (Å²) >= 11 is 0. The number of hydrogen-bond acceptors (Lipinski definition) is 2. The average molecular weight is 378 g/mol. The van der Waals surface area contributed by atoms with Gasteiger partial charge in [-0.25, -0.2) is 9.18 Å². The fourth-order valence-corrected chi connectivity index (χ4v) is 2.42. The highest BCUT2D eigenvalue weighted by Crippen LogP contribution is 2.34. The first-order valence-electron chi connectivity index (χ1n) is 7.82. The SMILES string of the molecule is O=C(Nc1cnn(Cc2ccc(F)cc2)c1)Nc1ccccc1C(F)(F)F. The van der Waals surface area contributed by atoms with Gasteiger partial charge in [-0.3, -0.25) is 4.68 Å². The summed E-state index contributed by atoms with van der Waals surface area (Å²) < 4.78 is 53.3. The number of nitrogens with one attached hydrogen (secondary N) is 2. The second kappa shape index (κ2) is 7.48. The smallest absolute Gasteiger partial charge is 0.307 e. The number of nitrogens with zero attached hydrogens (tertiary/aromatic N) is 2. The van der Waals surface area contributed by atoms with Gasteiger partial charge in [0.2, 0.25) is 0 Å². The van der Waals surface area contributed by atoms with Crippen LogP contribution in [0.25, 0.3) is 0 Å². The van der Waals surface area contributed by atoms with Crippen molar-refractivity contribution in [1.29, 1.82) is 0 Å². The lowest BCUT2D eigenvalue weighted by molar-refractivity contribution is -0.136. The van der Waals surface area contributed by atoms with E-state index in [0.717, 1.165) is 11.6 Å². The van der Waals surface area contributed by atoms with E-state index in [2.05, 4.69) is 15.7 Å². The molecule has 9 heteroatoms. The zero-order chi connectivity index (χ0) is 19.4. The molecular weight excluding hydrogens is 364 g/mol. The standard InChI is InChI=1S/C18H14F4N4O/c19-13-7-5-12(6-8-13)10-26-11-14(9-23-26)24-17(27)25-16-4-2-1-3-15(16)18(20,21)22/h1-9,11H,10H2,(H2,24,25,27). The molecule has 0 fully saturated rings. The van der Waals surface area contributed by atoms with Crippen LogP contribution in [0.15, 0.2) is 60.9 Å². The number of amides is 2. The topological polar surface area (TPSA) is 59.0 Å². The predicted molar refractivity (Wildman–Crippen MR) is 91.8 cm³/mol. The molecule has 0 unspecified atom stereocenters. The molecule has 1 aromatic heterocycles. The fourth-order valence-electron chi connectivity index (χ4n) is 2.42. The number of rotatable bonds is 4. The van der Waals surface area contributed by atoms with E-state index in [0.29, 0.717) is 12.2 Å². The molecule has 0 atom stereocenters. The van der Waals surface area contributed by atoms with Crippen LogP contribution in [0.2, 0.25) is 0 Å². The van der Waals surface area contributed by atoms with E-state index in [1.54, 1.807) is 12.1 Å². The molecule has 2 N–H and O–H groups in total. The summed E-state index contributed by atoms with van der Waals surface area (Å²) in [6.07, 6.45) is -1.71. The zero-order valence-electron chi connectivity index (χ0n) is 13.8. The number of hydrogen-bond donors (Lipinski definition) is 2. The Hall–Kier alpha value is -3.36. The van der Waals surface area contributed by atoms with Crippen molar-refractivity contribution in [1.82, 2.24) is 9.78 Å². The summed E-state index contributed by atoms with van der Waals surface area (Å²) in [5.74, 6) is -0.350. The first kappa shape index (κ1) is 18.4. The Morgan fingerprint density at radius 2 is 1.74 bits per heavy atom. The summed E-state index contributed by atoms with van der Waals surface area (Å²) in [7, 11) is 0. The van der Waals surface area contributed by atoms with Crippen LogP contribution >= 0.6 is 0 Å². The Morgan fingerprint density at radius 1 is 1.04 bits per heavy atom. The van der Waals surface area contributed by atoms with Crippen molar-refractivity contribution >= 4 is 17.4 Å². The molecule has 2 amide bonds. The van der Waals surface area contributed by atoms with Crippen LogP contribution in [0.5, 0.6) is 0 Å². The molecule has 0 spiro atoms. The maximum absolute atomic E-state index is 13.0. The Kier molecular flexibility index (Phi) is 5.11. The van der Waals surface area contributed by atoms with Crippen LogP contribution in [0, 0.1) is 5.82 Å². The van der Waals surface area contributed by atoms with Crippen LogP contribution in [0.4, 0.5) is 33.7 Å². The molecule has 3 aromatic rings. The summed E-state index contributed by atoms with van der Waals surface area (Å²) in [6.45, 7) is 0.348. The summed E-state index contributed by atoms with van der Waals surface area (Å²) in [4.78, 5) is 12.0. The van der Waals surface area contributed by atoms with Crippen LogP contribution in [0.1, 0.15) is 11.1 Å². The van der Waals surface area contributed by atoms with Gasteiger partial charge in [-0.1, -0.05) is 24.3 Å². The first-order valence-corrected chi connectivity index (χ1v) is 7.82. The second-order valence-corrected chi connectivity index (χ2v) is 5.68. The number of alkyl halides is 3. The average Bonchev–Trinajstić information content (AvgIpc) is 3.03. The highest BCUT2D eigenvalue weighted by molar-refractivity contribution is 6.00. The van der Waals surface area contributed by atoms with Crippen molar-refractivity contribution < 1.29 is 22.4 Å². The van der Waals surface area contributed by atoms with Crippen molar-refractivity contribution in [2.24, 2.45) is 0 Å². The third-order valence-electron chi connectivity index (χ3n) is 3.63. The van der Waals surface area contributed by atoms with Gasteiger partial charge in [-0.2, -0.15) is 18.3 Å². The van der Waals surface area contributed by atoms with E-state index in [-0.39, 0.29) is 11.5 Å². The van der Waals surface area contributed by atoms with Gasteiger partial charge >= 0.3 is 12.2 Å². The Labute approximate surface area is 151 Å². The van der Waals surface area contributed by atoms with Crippen molar-refractivity contribution in [2.75, 3.05) is 10.6 Å². The quantitative estimate of drug-likeness (QED) is 0.645. The molecule has 5 nitrogen and oxygen atoms in total. The number of aromatic nitrogens is 2. The predicted octanol–water partition coefficient (Wildman–Crippen LogP) is 4.73. The molecule has 0 radical (unpaired) electrons. The summed E-state index contributed by atoms with van der Waals surface area (Å²) in [5.41, 5.74) is -0.179. The third kappa shape index (κ3) is 4.84. The molecule has 140 valence electrons. The summed E-state index contributed by atoms with van der Waals surface area (Å²) in [5, 5.41) is 8.66. The molecule has 0 aliphatic carbocycles. The number of para-hydroxylation sites is 1. The number of carbonyl (C=O) groups is 1. The maximum Gasteiger partial charge on any atom is 0.418 e. The van der Waals surface area contributed by atoms with E-state index in [4.69, 9.17) is 0 Å². The lowest BCUT2D eigenvalue weighted by Crippen LogP contribution is -2.21. The van der Waals surface area contributed by atoms with Crippen molar-refractivity contribution in [3.63, 3.8) is 0 Å². The van der Waals surface area contributed by atoms with Gasteiger partial charge in [0.1, 0.15) is 5.82 Å². The number of benzene rings is 2. The maximum atomic E-state index is 13.0. The minimum absolute atomic E-state index is 0.305. The molecule has 1 heterocycles. The molecule has 0 aliphatic rings. The highest BCUT2D eigenvalue weighted by atomic mass is 19.4. The third-order valence-corrected chi connectivity index (χ3v) is 3.63. The van der Waals surface area contributed by atoms with Gasteiger partial charge in [0.25, 0.3) is 0 Å². The second-order valence-electron chi connectivity index (χ2n) is 5.68. The number of urea groups is 1. The first-order chi connectivity index (χ1) is 12.8. The van der Waals surface area contributed by atoms with Gasteiger partial charge in [0, 0.05) is 6.20 Å². The van der Waals surface area contributed by atoms with Crippen molar-refractivity contribution in [3.05, 3.63) is 77.9 Å². The minimum atomic E-state index is -4.58. The van der Waals surface area contributed by atoms with Crippen LogP contribution in [-0.2, 0) is 12.7 Å². The van der Waals surface area contributed by atoms with Gasteiger partial charge in [-0.15, -0.1) is 0 Å². The van der Waals surface area contributed by atoms with Crippen LogP contribution in [-0.4, -0.2) is 15.8 Å². The molecule has 27 heavy (non-hydrogen) atoms. The zero-order valence-corrected chi connectivity index (χ0v) is 13.8. The lowest BCUT2D eigenvalue weighted by atomic mass is 10.1. The lowest BCUT2D eigenvalue weighted by Gasteiger charge is -2.13. The number of halogens is 4. The molecule has 0 bridgehead atoms. The van der Waals surface area contributed by atoms with Gasteiger partial charge < -0.3 is 10.6 Å². The molecule has 0 saturated carbocycles. The number of anilines is 2. The van der Waals surface area contributed by atoms with E-state index in [9.17, 15) is 22.4 Å². The van der Waals surface area contributed by atoms with Gasteiger partial charge in [0.15, 0.2) is 0 Å². The Morgan fingerprint density at radius 3 is 2.44 bits per heavy atom. The van der Waals surface area contributed by atoms with E-state index in [1.165, 1.54) is 47.4 Å². The van der Waals surface area contributed by atoms with Crippen LogP contribution in [0.3, 0.4) is 0 Å². The van der Waals surface area contributed by atoms with Crippen molar-refractivity contribution in [2.45, 2.75) is 12.7 Å². The molecular formula is C18H14F4N4O. The molecule has 0 saturated heterocycles. The molecule has 3 rings (SSSR count). The van der Waals surface area contributed by atoms with Crippen LogP contribution < -0.4 is 10.6 Å². The largest absolute Gasteiger partial charge is 0.418 e. The van der Waals surface area contributed by atoms with Crippen molar-refractivity contribution in [3.8, 4) is 0 Å². The fraction of sp³-hybridized carbons (Fsp3) is 0.111. The number of carbonyl (C=O) groups excluding carboxylic acids is 1. The Bertz CT molecular complexity index is 935. The summed E-state index contributed by atoms with van der Waals surface area (Å²) in [6, 6.07) is 9.71.